The van der Waals surface area contributed by atoms with Crippen LogP contribution in [0.1, 0.15) is 37.2 Å². The second-order valence-corrected chi connectivity index (χ2v) is 7.57. The highest BCUT2D eigenvalue weighted by molar-refractivity contribution is 5.74. The van der Waals surface area contributed by atoms with E-state index in [1.165, 1.54) is 0 Å². The van der Waals surface area contributed by atoms with E-state index in [0.29, 0.717) is 32.2 Å². The molecule has 0 radical (unpaired) electrons. The normalized spacial score (nSPS) is 17.4. The number of aryl methyl sites for hydroxylation is 2. The lowest BCUT2D eigenvalue weighted by Gasteiger charge is -2.36. The number of carbonyl (C=O) groups is 1. The lowest BCUT2D eigenvalue weighted by Crippen LogP contribution is -2.52. The number of hydrogen-bond acceptors (Lipinski definition) is 4. The maximum atomic E-state index is 12.6. The van der Waals surface area contributed by atoms with Crippen molar-refractivity contribution < 1.29 is 9.53 Å². The predicted molar refractivity (Wildman–Crippen MR) is 104 cm³/mol. The van der Waals surface area contributed by atoms with Crippen molar-refractivity contribution in [3.05, 3.63) is 41.3 Å². The van der Waals surface area contributed by atoms with E-state index in [4.69, 9.17) is 4.74 Å². The highest BCUT2D eigenvalue weighted by Crippen LogP contribution is 2.16. The third-order valence-electron chi connectivity index (χ3n) is 4.71. The van der Waals surface area contributed by atoms with Crippen molar-refractivity contribution in [2.24, 2.45) is 5.92 Å². The quantitative estimate of drug-likeness (QED) is 0.877. The fourth-order valence-electron chi connectivity index (χ4n) is 3.45. The zero-order valence-electron chi connectivity index (χ0n) is 16.6. The van der Waals surface area contributed by atoms with Crippen molar-refractivity contribution in [3.63, 3.8) is 0 Å². The van der Waals surface area contributed by atoms with Crippen LogP contribution >= 0.6 is 0 Å². The number of amides is 2. The van der Waals surface area contributed by atoms with E-state index < -0.39 is 0 Å². The Morgan fingerprint density at radius 2 is 2.19 bits per heavy atom. The first-order valence-electron chi connectivity index (χ1n) is 9.55. The smallest absolute Gasteiger partial charge is 0.318 e. The molecule has 1 fully saturated rings. The Morgan fingerprint density at radius 1 is 1.37 bits per heavy atom. The van der Waals surface area contributed by atoms with E-state index in [2.05, 4.69) is 29.2 Å². The molecule has 27 heavy (non-hydrogen) atoms. The molecule has 1 N–H and O–H groups in total. The van der Waals surface area contributed by atoms with E-state index in [-0.39, 0.29) is 12.1 Å². The lowest BCUT2D eigenvalue weighted by molar-refractivity contribution is 0.00551. The Kier molecular flexibility index (Phi) is 6.11. The maximum absolute atomic E-state index is 12.6. The lowest BCUT2D eigenvalue weighted by atomic mass is 10.0. The molecule has 1 atom stereocenters. The molecule has 146 valence electrons. The van der Waals surface area contributed by atoms with Crippen molar-refractivity contribution in [2.75, 3.05) is 19.8 Å². The van der Waals surface area contributed by atoms with E-state index >= 15 is 0 Å². The second-order valence-electron chi connectivity index (χ2n) is 7.57. The molecule has 0 spiro atoms. The molecular formula is C20H29N5O2. The summed E-state index contributed by atoms with van der Waals surface area (Å²) in [6, 6.07) is 6.03. The van der Waals surface area contributed by atoms with Gasteiger partial charge in [0, 0.05) is 25.0 Å². The highest BCUT2D eigenvalue weighted by atomic mass is 16.5. The van der Waals surface area contributed by atoms with Crippen LogP contribution in [0.15, 0.2) is 24.4 Å². The van der Waals surface area contributed by atoms with E-state index in [0.717, 1.165) is 29.2 Å². The Bertz CT molecular complexity index is 769. The first-order chi connectivity index (χ1) is 12.9. The van der Waals surface area contributed by atoms with Gasteiger partial charge in [-0.15, -0.1) is 0 Å². The first kappa shape index (κ1) is 19.4. The van der Waals surface area contributed by atoms with Gasteiger partial charge < -0.3 is 15.0 Å². The summed E-state index contributed by atoms with van der Waals surface area (Å²) < 4.78 is 7.37. The minimum atomic E-state index is -0.0356. The van der Waals surface area contributed by atoms with Crippen LogP contribution in [0, 0.1) is 19.8 Å². The summed E-state index contributed by atoms with van der Waals surface area (Å²) in [4.78, 5) is 19.0. The summed E-state index contributed by atoms with van der Waals surface area (Å²) in [7, 11) is 0. The molecule has 0 aliphatic carbocycles. The van der Waals surface area contributed by atoms with Crippen molar-refractivity contribution in [2.45, 2.75) is 46.7 Å². The van der Waals surface area contributed by atoms with Crippen molar-refractivity contribution in [1.82, 2.24) is 25.0 Å². The molecule has 1 aliphatic rings. The van der Waals surface area contributed by atoms with Crippen molar-refractivity contribution >= 4 is 6.03 Å². The Morgan fingerprint density at radius 3 is 2.81 bits per heavy atom. The summed E-state index contributed by atoms with van der Waals surface area (Å²) in [6.45, 7) is 10.6. The van der Waals surface area contributed by atoms with Crippen LogP contribution in [0.2, 0.25) is 0 Å². The summed E-state index contributed by atoms with van der Waals surface area (Å²) >= 11 is 0. The third kappa shape index (κ3) is 4.86. The number of nitrogens with zero attached hydrogens (tertiary/aromatic N) is 4. The Hall–Kier alpha value is -2.41. The van der Waals surface area contributed by atoms with Crippen molar-refractivity contribution in [1.29, 1.82) is 0 Å². The van der Waals surface area contributed by atoms with Gasteiger partial charge in [0.15, 0.2) is 5.82 Å². The molecule has 1 aliphatic heterocycles. The van der Waals surface area contributed by atoms with Gasteiger partial charge in [-0.1, -0.05) is 19.9 Å². The van der Waals surface area contributed by atoms with Crippen LogP contribution < -0.4 is 5.32 Å². The topological polar surface area (TPSA) is 72.3 Å². The number of urea groups is 1. The average Bonchev–Trinajstić information content (AvgIpc) is 2.98. The fourth-order valence-corrected chi connectivity index (χ4v) is 3.45. The molecule has 7 nitrogen and oxygen atoms in total. The number of pyridine rings is 1. The molecular weight excluding hydrogens is 342 g/mol. The molecule has 2 aromatic heterocycles. The van der Waals surface area contributed by atoms with Gasteiger partial charge in [-0.05, 0) is 43.9 Å². The molecule has 0 aromatic carbocycles. The highest BCUT2D eigenvalue weighted by Gasteiger charge is 2.27. The van der Waals surface area contributed by atoms with Gasteiger partial charge >= 0.3 is 6.03 Å². The molecule has 0 bridgehead atoms. The van der Waals surface area contributed by atoms with Crippen molar-refractivity contribution in [3.8, 4) is 5.82 Å². The number of ether oxygens (including phenoxy) is 1. The van der Waals surface area contributed by atoms with E-state index in [9.17, 15) is 4.79 Å². The van der Waals surface area contributed by atoms with E-state index in [1.807, 2.05) is 41.6 Å². The third-order valence-corrected chi connectivity index (χ3v) is 4.71. The number of aromatic nitrogens is 3. The van der Waals surface area contributed by atoms with Gasteiger partial charge in [-0.25, -0.2) is 14.5 Å². The zero-order valence-corrected chi connectivity index (χ0v) is 16.6. The summed E-state index contributed by atoms with van der Waals surface area (Å²) in [6.07, 6.45) is 2.74. The standard InChI is InChI=1S/C20H29N5O2/c1-14(2)9-18-13-27-8-7-24(18)20(26)22-12-17-5-6-19(21-11-17)25-16(4)10-15(3)23-25/h5-6,10-11,14,18H,7-9,12-13H2,1-4H3,(H,22,26). The van der Waals surface area contributed by atoms with Crippen LogP contribution in [0.3, 0.4) is 0 Å². The van der Waals surface area contributed by atoms with Crippen LogP contribution in [-0.4, -0.2) is 51.5 Å². The molecule has 0 saturated carbocycles. The first-order valence-corrected chi connectivity index (χ1v) is 9.55. The summed E-state index contributed by atoms with van der Waals surface area (Å²) in [5.41, 5.74) is 2.97. The molecule has 2 amide bonds. The number of morpholine rings is 1. The van der Waals surface area contributed by atoms with Gasteiger partial charge in [0.25, 0.3) is 0 Å². The number of nitrogens with one attached hydrogen (secondary N) is 1. The monoisotopic (exact) mass is 371 g/mol. The predicted octanol–water partition coefficient (Wildman–Crippen LogP) is 2.84. The second kappa shape index (κ2) is 8.52. The SMILES string of the molecule is Cc1cc(C)n(-c2ccc(CNC(=O)N3CCOCC3CC(C)C)cn2)n1. The number of rotatable bonds is 5. The van der Waals surface area contributed by atoms with Gasteiger partial charge in [-0.2, -0.15) is 5.10 Å². The summed E-state index contributed by atoms with van der Waals surface area (Å²) in [5.74, 6) is 1.30. The molecule has 3 heterocycles. The largest absolute Gasteiger partial charge is 0.377 e. The van der Waals surface area contributed by atoms with E-state index in [1.54, 1.807) is 6.20 Å². The average molecular weight is 371 g/mol. The molecule has 2 aromatic rings. The number of carbonyl (C=O) groups excluding carboxylic acids is 1. The molecule has 1 saturated heterocycles. The fraction of sp³-hybridized carbons (Fsp3) is 0.550. The van der Waals surface area contributed by atoms with Crippen LogP contribution in [0.25, 0.3) is 5.82 Å². The minimum Gasteiger partial charge on any atom is -0.377 e. The molecule has 7 heteroatoms. The van der Waals surface area contributed by atoms with Crippen LogP contribution in [0.4, 0.5) is 4.79 Å². The minimum absolute atomic E-state index is 0.0356. The van der Waals surface area contributed by atoms with Crippen LogP contribution in [-0.2, 0) is 11.3 Å². The van der Waals surface area contributed by atoms with Gasteiger partial charge in [0.1, 0.15) is 0 Å². The summed E-state index contributed by atoms with van der Waals surface area (Å²) in [5, 5.41) is 7.46. The number of hydrogen-bond donors (Lipinski definition) is 1. The van der Waals surface area contributed by atoms with Gasteiger partial charge in [-0.3, -0.25) is 0 Å². The van der Waals surface area contributed by atoms with Gasteiger partial charge in [0.05, 0.1) is 24.9 Å². The van der Waals surface area contributed by atoms with Gasteiger partial charge in [0.2, 0.25) is 0 Å². The molecule has 3 rings (SSSR count). The Labute approximate surface area is 160 Å². The Balaban J connectivity index is 1.59. The van der Waals surface area contributed by atoms with Crippen LogP contribution in [0.5, 0.6) is 0 Å². The molecule has 1 unspecified atom stereocenters. The zero-order chi connectivity index (χ0) is 19.4. The maximum Gasteiger partial charge on any atom is 0.318 e.